The predicted octanol–water partition coefficient (Wildman–Crippen LogP) is 1.78. The number of urea groups is 1. The van der Waals surface area contributed by atoms with E-state index in [0.29, 0.717) is 6.42 Å². The van der Waals surface area contributed by atoms with E-state index >= 15 is 0 Å². The molecule has 1 N–H and O–H groups in total. The third-order valence-electron chi connectivity index (χ3n) is 3.62. The molecule has 1 aliphatic carbocycles. The molecule has 1 aliphatic rings. The Bertz CT molecular complexity index is 287. The van der Waals surface area contributed by atoms with Crippen molar-refractivity contribution in [2.75, 3.05) is 14.1 Å². The molecular weight excluding hydrogens is 220 g/mol. The Labute approximate surface area is 102 Å². The minimum Gasteiger partial charge on any atom is -0.480 e. The summed E-state index contributed by atoms with van der Waals surface area (Å²) in [5.74, 6) is -0.942. The standard InChI is InChI=1S/C12H22N2O3/c1-4-10(11(15)16)14(3)12(17)13(2)9-7-5-6-8-9/h9-10H,4-8H2,1-3H3,(H,15,16). The number of hydrogen-bond acceptors (Lipinski definition) is 2. The molecule has 5 heteroatoms. The summed E-state index contributed by atoms with van der Waals surface area (Å²) in [4.78, 5) is 26.2. The zero-order valence-electron chi connectivity index (χ0n) is 10.8. The quantitative estimate of drug-likeness (QED) is 0.817. The van der Waals surface area contributed by atoms with Crippen molar-refractivity contribution in [3.8, 4) is 0 Å². The van der Waals surface area contributed by atoms with Gasteiger partial charge in [-0.05, 0) is 19.3 Å². The van der Waals surface area contributed by atoms with E-state index in [0.717, 1.165) is 25.7 Å². The van der Waals surface area contributed by atoms with E-state index in [1.54, 1.807) is 25.9 Å². The lowest BCUT2D eigenvalue weighted by molar-refractivity contribution is -0.142. The normalized spacial score (nSPS) is 17.8. The predicted molar refractivity (Wildman–Crippen MR) is 64.9 cm³/mol. The van der Waals surface area contributed by atoms with E-state index in [9.17, 15) is 9.59 Å². The second kappa shape index (κ2) is 5.89. The SMILES string of the molecule is CCC(C(=O)O)N(C)C(=O)N(C)C1CCCC1. The molecule has 0 aromatic carbocycles. The van der Waals surface area contributed by atoms with Gasteiger partial charge in [-0.3, -0.25) is 0 Å². The Morgan fingerprint density at radius 3 is 2.24 bits per heavy atom. The van der Waals surface area contributed by atoms with Crippen LogP contribution in [-0.2, 0) is 4.79 Å². The van der Waals surface area contributed by atoms with Crippen LogP contribution in [0.25, 0.3) is 0 Å². The molecule has 1 fully saturated rings. The van der Waals surface area contributed by atoms with E-state index < -0.39 is 12.0 Å². The molecule has 0 spiro atoms. The number of rotatable bonds is 4. The van der Waals surface area contributed by atoms with Crippen molar-refractivity contribution in [1.82, 2.24) is 9.80 Å². The Hall–Kier alpha value is -1.26. The number of amides is 2. The summed E-state index contributed by atoms with van der Waals surface area (Å²) in [6, 6.07) is -0.645. The van der Waals surface area contributed by atoms with Gasteiger partial charge in [-0.2, -0.15) is 0 Å². The second-order valence-electron chi connectivity index (χ2n) is 4.70. The molecule has 0 aromatic heterocycles. The molecule has 0 aliphatic heterocycles. The van der Waals surface area contributed by atoms with Crippen LogP contribution in [0.1, 0.15) is 39.0 Å². The van der Waals surface area contributed by atoms with Crippen LogP contribution in [0.5, 0.6) is 0 Å². The monoisotopic (exact) mass is 242 g/mol. The first-order valence-corrected chi connectivity index (χ1v) is 6.21. The smallest absolute Gasteiger partial charge is 0.326 e. The first kappa shape index (κ1) is 13.8. The van der Waals surface area contributed by atoms with E-state index in [1.807, 2.05) is 0 Å². The van der Waals surface area contributed by atoms with E-state index in [1.165, 1.54) is 4.90 Å². The lowest BCUT2D eigenvalue weighted by Crippen LogP contribution is -2.49. The fraction of sp³-hybridized carbons (Fsp3) is 0.833. The molecule has 0 radical (unpaired) electrons. The zero-order chi connectivity index (χ0) is 13.0. The van der Waals surface area contributed by atoms with Crippen LogP contribution in [-0.4, -0.2) is 53.1 Å². The van der Waals surface area contributed by atoms with Crippen molar-refractivity contribution in [1.29, 1.82) is 0 Å². The summed E-state index contributed by atoms with van der Waals surface area (Å²) in [5.41, 5.74) is 0. The number of aliphatic carboxylic acids is 1. The highest BCUT2D eigenvalue weighted by molar-refractivity contribution is 5.82. The first-order chi connectivity index (χ1) is 7.99. The maximum atomic E-state index is 12.1. The first-order valence-electron chi connectivity index (χ1n) is 6.21. The van der Waals surface area contributed by atoms with Crippen LogP contribution < -0.4 is 0 Å². The summed E-state index contributed by atoms with van der Waals surface area (Å²) in [5, 5.41) is 9.03. The van der Waals surface area contributed by atoms with E-state index in [2.05, 4.69) is 0 Å². The number of carbonyl (C=O) groups is 2. The van der Waals surface area contributed by atoms with Gasteiger partial charge in [0.2, 0.25) is 0 Å². The van der Waals surface area contributed by atoms with Gasteiger partial charge in [-0.15, -0.1) is 0 Å². The van der Waals surface area contributed by atoms with Crippen LogP contribution in [0.15, 0.2) is 0 Å². The lowest BCUT2D eigenvalue weighted by Gasteiger charge is -2.32. The van der Waals surface area contributed by atoms with Gasteiger partial charge < -0.3 is 14.9 Å². The topological polar surface area (TPSA) is 60.9 Å². The molecule has 17 heavy (non-hydrogen) atoms. The molecular formula is C12H22N2O3. The number of nitrogens with zero attached hydrogens (tertiary/aromatic N) is 2. The number of hydrogen-bond donors (Lipinski definition) is 1. The third kappa shape index (κ3) is 3.11. The minimum absolute atomic E-state index is 0.189. The molecule has 0 saturated heterocycles. The Morgan fingerprint density at radius 2 is 1.82 bits per heavy atom. The van der Waals surface area contributed by atoms with Crippen molar-refractivity contribution in [3.05, 3.63) is 0 Å². The largest absolute Gasteiger partial charge is 0.480 e. The molecule has 2 amide bonds. The molecule has 98 valence electrons. The van der Waals surface area contributed by atoms with Crippen molar-refractivity contribution in [2.45, 2.75) is 51.1 Å². The zero-order valence-corrected chi connectivity index (χ0v) is 10.8. The summed E-state index contributed by atoms with van der Waals surface area (Å²) >= 11 is 0. The van der Waals surface area contributed by atoms with Crippen LogP contribution >= 0.6 is 0 Å². The van der Waals surface area contributed by atoms with Gasteiger partial charge in [-0.1, -0.05) is 19.8 Å². The van der Waals surface area contributed by atoms with Crippen molar-refractivity contribution >= 4 is 12.0 Å². The van der Waals surface area contributed by atoms with E-state index in [4.69, 9.17) is 5.11 Å². The van der Waals surface area contributed by atoms with Crippen LogP contribution in [0.3, 0.4) is 0 Å². The molecule has 1 unspecified atom stereocenters. The minimum atomic E-state index is -0.942. The second-order valence-corrected chi connectivity index (χ2v) is 4.70. The Kier molecular flexibility index (Phi) is 4.78. The molecule has 5 nitrogen and oxygen atoms in total. The summed E-state index contributed by atoms with van der Waals surface area (Å²) in [6.07, 6.45) is 4.79. The maximum absolute atomic E-state index is 12.1. The summed E-state index contributed by atoms with van der Waals surface area (Å²) in [7, 11) is 3.33. The summed E-state index contributed by atoms with van der Waals surface area (Å²) in [6.45, 7) is 1.78. The van der Waals surface area contributed by atoms with Crippen LogP contribution in [0, 0.1) is 0 Å². The Morgan fingerprint density at radius 1 is 1.29 bits per heavy atom. The van der Waals surface area contributed by atoms with Gasteiger partial charge in [0, 0.05) is 20.1 Å². The number of carbonyl (C=O) groups excluding carboxylic acids is 1. The van der Waals surface area contributed by atoms with Crippen LogP contribution in [0.2, 0.25) is 0 Å². The third-order valence-corrected chi connectivity index (χ3v) is 3.62. The van der Waals surface area contributed by atoms with Gasteiger partial charge in [-0.25, -0.2) is 9.59 Å². The van der Waals surface area contributed by atoms with Crippen molar-refractivity contribution in [2.24, 2.45) is 0 Å². The number of carboxylic acid groups (broad SMARTS) is 1. The highest BCUT2D eigenvalue weighted by atomic mass is 16.4. The number of carboxylic acids is 1. The maximum Gasteiger partial charge on any atom is 0.326 e. The van der Waals surface area contributed by atoms with Crippen molar-refractivity contribution in [3.63, 3.8) is 0 Å². The fourth-order valence-electron chi connectivity index (χ4n) is 2.44. The van der Waals surface area contributed by atoms with Crippen molar-refractivity contribution < 1.29 is 14.7 Å². The van der Waals surface area contributed by atoms with Gasteiger partial charge in [0.1, 0.15) is 6.04 Å². The average Bonchev–Trinajstić information content (AvgIpc) is 2.80. The van der Waals surface area contributed by atoms with E-state index in [-0.39, 0.29) is 12.1 Å². The van der Waals surface area contributed by atoms with Gasteiger partial charge in [0.15, 0.2) is 0 Å². The highest BCUT2D eigenvalue weighted by Gasteiger charge is 2.30. The Balaban J connectivity index is 2.63. The van der Waals surface area contributed by atoms with Crippen LogP contribution in [0.4, 0.5) is 4.79 Å². The van der Waals surface area contributed by atoms with Gasteiger partial charge in [0.05, 0.1) is 0 Å². The lowest BCUT2D eigenvalue weighted by atomic mass is 10.2. The fourth-order valence-corrected chi connectivity index (χ4v) is 2.44. The molecule has 1 rings (SSSR count). The molecule has 0 aromatic rings. The molecule has 0 heterocycles. The van der Waals surface area contributed by atoms with Gasteiger partial charge >= 0.3 is 12.0 Å². The highest BCUT2D eigenvalue weighted by Crippen LogP contribution is 2.23. The number of likely N-dealkylation sites (N-methyl/N-ethyl adjacent to an activating group) is 1. The molecule has 0 bridgehead atoms. The summed E-state index contributed by atoms with van der Waals surface area (Å²) < 4.78 is 0. The molecule has 1 atom stereocenters. The van der Waals surface area contributed by atoms with Gasteiger partial charge in [0.25, 0.3) is 0 Å². The average molecular weight is 242 g/mol. The molecule has 1 saturated carbocycles.